The first-order chi connectivity index (χ1) is 12.5. The largest absolute Gasteiger partial charge is 0.508 e. The van der Waals surface area contributed by atoms with E-state index >= 15 is 0 Å². The normalized spacial score (nSPS) is 27.8. The van der Waals surface area contributed by atoms with Gasteiger partial charge in [0.05, 0.1) is 28.5 Å². The van der Waals surface area contributed by atoms with Gasteiger partial charge in [-0.2, -0.15) is 0 Å². The molecule has 9 heteroatoms. The SMILES string of the molecule is O=C(NC[C@H]1OC(=O)N2C[C@@H](c3c(O)ccc(Cl)c3Cl)C[C@@H]12)C1CNC1. The molecule has 0 radical (unpaired) electrons. The summed E-state index contributed by atoms with van der Waals surface area (Å²) in [7, 11) is 0. The number of phenols is 1. The Balaban J connectivity index is 1.46. The van der Waals surface area contributed by atoms with Gasteiger partial charge in [-0.1, -0.05) is 23.2 Å². The summed E-state index contributed by atoms with van der Waals surface area (Å²) >= 11 is 12.4. The Morgan fingerprint density at radius 1 is 1.38 bits per heavy atom. The number of halogens is 2. The lowest BCUT2D eigenvalue weighted by Gasteiger charge is -2.26. The van der Waals surface area contributed by atoms with Crippen LogP contribution in [-0.4, -0.2) is 60.3 Å². The third-order valence-corrected chi connectivity index (χ3v) is 6.23. The van der Waals surface area contributed by atoms with Gasteiger partial charge in [0, 0.05) is 31.1 Å². The van der Waals surface area contributed by atoms with E-state index in [4.69, 9.17) is 27.9 Å². The summed E-state index contributed by atoms with van der Waals surface area (Å²) in [5, 5.41) is 16.8. The number of amides is 2. The van der Waals surface area contributed by atoms with Crippen molar-refractivity contribution < 1.29 is 19.4 Å². The van der Waals surface area contributed by atoms with Crippen LogP contribution in [0.1, 0.15) is 17.9 Å². The number of carbonyl (C=O) groups is 2. The predicted octanol–water partition coefficient (Wildman–Crippen LogP) is 1.71. The predicted molar refractivity (Wildman–Crippen MR) is 95.6 cm³/mol. The van der Waals surface area contributed by atoms with Crippen molar-refractivity contribution in [3.8, 4) is 5.75 Å². The van der Waals surface area contributed by atoms with E-state index in [1.807, 2.05) is 0 Å². The molecule has 1 aromatic rings. The highest BCUT2D eigenvalue weighted by molar-refractivity contribution is 6.42. The zero-order valence-electron chi connectivity index (χ0n) is 13.9. The molecule has 3 atom stereocenters. The molecule has 0 aromatic heterocycles. The lowest BCUT2D eigenvalue weighted by Crippen LogP contribution is -2.52. The number of rotatable bonds is 4. The average Bonchev–Trinajstić information content (AvgIpc) is 3.09. The van der Waals surface area contributed by atoms with Crippen molar-refractivity contribution in [3.63, 3.8) is 0 Å². The molecular weight excluding hydrogens is 381 g/mol. The van der Waals surface area contributed by atoms with Crippen LogP contribution < -0.4 is 10.6 Å². The molecular formula is C17H19Cl2N3O4. The maximum absolute atomic E-state index is 12.2. The first kappa shape index (κ1) is 17.7. The van der Waals surface area contributed by atoms with E-state index in [0.29, 0.717) is 41.7 Å². The molecule has 3 heterocycles. The molecule has 0 saturated carbocycles. The second kappa shape index (κ2) is 6.79. The number of aromatic hydroxyl groups is 1. The minimum absolute atomic E-state index is 0.0123. The quantitative estimate of drug-likeness (QED) is 0.716. The van der Waals surface area contributed by atoms with Crippen LogP contribution in [0, 0.1) is 5.92 Å². The van der Waals surface area contributed by atoms with E-state index in [-0.39, 0.29) is 36.1 Å². The highest BCUT2D eigenvalue weighted by Gasteiger charge is 2.49. The Bertz CT molecular complexity index is 756. The minimum atomic E-state index is -0.412. The third kappa shape index (κ3) is 2.98. The zero-order valence-corrected chi connectivity index (χ0v) is 15.4. The molecule has 3 fully saturated rings. The summed E-state index contributed by atoms with van der Waals surface area (Å²) in [4.78, 5) is 25.8. The second-order valence-corrected chi connectivity index (χ2v) is 7.75. The minimum Gasteiger partial charge on any atom is -0.508 e. The Morgan fingerprint density at radius 2 is 2.15 bits per heavy atom. The van der Waals surface area contributed by atoms with Crippen LogP contribution in [0.25, 0.3) is 0 Å². The highest BCUT2D eigenvalue weighted by Crippen LogP contribution is 2.45. The van der Waals surface area contributed by atoms with Crippen molar-refractivity contribution in [2.45, 2.75) is 24.5 Å². The van der Waals surface area contributed by atoms with Crippen LogP contribution in [0.3, 0.4) is 0 Å². The Hall–Kier alpha value is -1.70. The topological polar surface area (TPSA) is 90.9 Å². The molecule has 3 aliphatic rings. The lowest BCUT2D eigenvalue weighted by atomic mass is 9.93. The molecule has 0 spiro atoms. The van der Waals surface area contributed by atoms with Gasteiger partial charge in [0.25, 0.3) is 0 Å². The molecule has 0 aliphatic carbocycles. The lowest BCUT2D eigenvalue weighted by molar-refractivity contribution is -0.126. The molecule has 140 valence electrons. The van der Waals surface area contributed by atoms with Gasteiger partial charge < -0.3 is 25.4 Å². The smallest absolute Gasteiger partial charge is 0.410 e. The first-order valence-electron chi connectivity index (χ1n) is 8.58. The summed E-state index contributed by atoms with van der Waals surface area (Å²) in [5.74, 6) is -0.0977. The van der Waals surface area contributed by atoms with Gasteiger partial charge in [0.1, 0.15) is 11.9 Å². The Kier molecular flexibility index (Phi) is 4.62. The molecule has 7 nitrogen and oxygen atoms in total. The van der Waals surface area contributed by atoms with Gasteiger partial charge in [-0.3, -0.25) is 4.79 Å². The molecule has 26 heavy (non-hydrogen) atoms. The van der Waals surface area contributed by atoms with Crippen molar-refractivity contribution in [1.29, 1.82) is 0 Å². The number of fused-ring (bicyclic) bond motifs is 1. The van der Waals surface area contributed by atoms with Crippen LogP contribution in [0.5, 0.6) is 5.75 Å². The molecule has 3 N–H and O–H groups in total. The molecule has 0 bridgehead atoms. The van der Waals surface area contributed by atoms with Crippen molar-refractivity contribution in [2.24, 2.45) is 5.92 Å². The number of nitrogens with one attached hydrogen (secondary N) is 2. The Morgan fingerprint density at radius 3 is 2.85 bits per heavy atom. The van der Waals surface area contributed by atoms with Crippen molar-refractivity contribution >= 4 is 35.2 Å². The molecule has 4 rings (SSSR count). The van der Waals surface area contributed by atoms with E-state index in [0.717, 1.165) is 0 Å². The van der Waals surface area contributed by atoms with E-state index in [1.54, 1.807) is 11.0 Å². The van der Waals surface area contributed by atoms with Crippen LogP contribution >= 0.6 is 23.2 Å². The van der Waals surface area contributed by atoms with E-state index in [9.17, 15) is 14.7 Å². The zero-order chi connectivity index (χ0) is 18.4. The van der Waals surface area contributed by atoms with E-state index in [1.165, 1.54) is 6.07 Å². The summed E-state index contributed by atoms with van der Waals surface area (Å²) in [6.07, 6.45) is -0.227. The monoisotopic (exact) mass is 399 g/mol. The third-order valence-electron chi connectivity index (χ3n) is 5.41. The maximum Gasteiger partial charge on any atom is 0.410 e. The fourth-order valence-corrected chi connectivity index (χ4v) is 4.33. The van der Waals surface area contributed by atoms with Crippen molar-refractivity contribution in [1.82, 2.24) is 15.5 Å². The number of hydrogen-bond donors (Lipinski definition) is 3. The molecule has 0 unspecified atom stereocenters. The number of nitrogens with zero attached hydrogens (tertiary/aromatic N) is 1. The molecule has 2 amide bonds. The average molecular weight is 400 g/mol. The Labute approximate surface area is 160 Å². The number of carbonyl (C=O) groups excluding carboxylic acids is 2. The number of ether oxygens (including phenoxy) is 1. The number of cyclic esters (lactones) is 1. The first-order valence-corrected chi connectivity index (χ1v) is 9.34. The fraction of sp³-hybridized carbons (Fsp3) is 0.529. The summed E-state index contributed by atoms with van der Waals surface area (Å²) in [6.45, 7) is 2.04. The van der Waals surface area contributed by atoms with E-state index in [2.05, 4.69) is 10.6 Å². The number of hydrogen-bond acceptors (Lipinski definition) is 5. The maximum atomic E-state index is 12.2. The standard InChI is InChI=1S/C17H19Cl2N3O4/c18-10-1-2-12(23)14(15(10)19)8-3-11-13(26-17(25)22(11)7-8)6-21-16(24)9-4-20-5-9/h1-2,8-9,11,13,20,23H,3-7H2,(H,21,24)/t8-,11-,13+/m0/s1. The second-order valence-electron chi connectivity index (χ2n) is 6.97. The van der Waals surface area contributed by atoms with Gasteiger partial charge in [0.15, 0.2) is 0 Å². The summed E-state index contributed by atoms with van der Waals surface area (Å²) < 4.78 is 5.41. The molecule has 3 saturated heterocycles. The number of benzene rings is 1. The summed E-state index contributed by atoms with van der Waals surface area (Å²) in [6, 6.07) is 2.89. The van der Waals surface area contributed by atoms with Gasteiger partial charge in [-0.05, 0) is 18.6 Å². The van der Waals surface area contributed by atoms with Crippen LogP contribution in [0.4, 0.5) is 4.79 Å². The molecule has 3 aliphatic heterocycles. The van der Waals surface area contributed by atoms with Crippen LogP contribution in [-0.2, 0) is 9.53 Å². The van der Waals surface area contributed by atoms with Gasteiger partial charge in [0.2, 0.25) is 5.91 Å². The van der Waals surface area contributed by atoms with Gasteiger partial charge in [-0.25, -0.2) is 4.79 Å². The highest BCUT2D eigenvalue weighted by atomic mass is 35.5. The summed E-state index contributed by atoms with van der Waals surface area (Å²) in [5.41, 5.74) is 0.560. The van der Waals surface area contributed by atoms with Crippen LogP contribution in [0.15, 0.2) is 12.1 Å². The molecule has 1 aromatic carbocycles. The number of phenolic OH excluding ortho intramolecular Hbond substituents is 1. The van der Waals surface area contributed by atoms with Crippen molar-refractivity contribution in [3.05, 3.63) is 27.7 Å². The van der Waals surface area contributed by atoms with Crippen molar-refractivity contribution in [2.75, 3.05) is 26.2 Å². The van der Waals surface area contributed by atoms with Gasteiger partial charge in [-0.15, -0.1) is 0 Å². The van der Waals surface area contributed by atoms with Crippen LogP contribution in [0.2, 0.25) is 10.0 Å². The van der Waals surface area contributed by atoms with Gasteiger partial charge >= 0.3 is 6.09 Å². The fourth-order valence-electron chi connectivity index (χ4n) is 3.86. The van der Waals surface area contributed by atoms with E-state index < -0.39 is 12.2 Å².